The van der Waals surface area contributed by atoms with E-state index in [4.69, 9.17) is 5.11 Å². The second-order valence-electron chi connectivity index (χ2n) is 4.64. The summed E-state index contributed by atoms with van der Waals surface area (Å²) >= 11 is 0. The number of pyridine rings is 1. The molecular weight excluding hydrogens is 214 g/mol. The smallest absolute Gasteiger partial charge is 0.309 e. The minimum absolute atomic E-state index is 0.126. The van der Waals surface area contributed by atoms with Gasteiger partial charge in [-0.15, -0.1) is 0 Å². The van der Waals surface area contributed by atoms with Crippen LogP contribution in [0.1, 0.15) is 29.7 Å². The van der Waals surface area contributed by atoms with Gasteiger partial charge in [-0.1, -0.05) is 6.07 Å². The van der Waals surface area contributed by atoms with Gasteiger partial charge in [-0.05, 0) is 48.9 Å². The van der Waals surface area contributed by atoms with E-state index in [0.29, 0.717) is 0 Å². The maximum atomic E-state index is 11.0. The maximum Gasteiger partial charge on any atom is 0.309 e. The number of nitrogens with zero attached hydrogens (tertiary/aromatic N) is 1. The molecule has 2 aromatic heterocycles. The lowest BCUT2D eigenvalue weighted by atomic mass is 9.92. The van der Waals surface area contributed by atoms with Crippen LogP contribution in [0.5, 0.6) is 0 Å². The second kappa shape index (κ2) is 3.91. The molecule has 17 heavy (non-hydrogen) atoms. The van der Waals surface area contributed by atoms with Gasteiger partial charge in [-0.25, -0.2) is 0 Å². The van der Waals surface area contributed by atoms with Crippen LogP contribution >= 0.6 is 0 Å². The first-order valence-electron chi connectivity index (χ1n) is 6.09. The third-order valence-electron chi connectivity index (χ3n) is 3.59. The number of aromatic nitrogens is 1. The van der Waals surface area contributed by atoms with E-state index in [0.717, 1.165) is 18.5 Å². The molecule has 1 aliphatic carbocycles. The van der Waals surface area contributed by atoms with E-state index in [2.05, 4.69) is 10.5 Å². The number of hydrogen-bond donors (Lipinski definition) is 1. The average Bonchev–Trinajstić information content (AvgIpc) is 2.65. The first kappa shape index (κ1) is 10.4. The van der Waals surface area contributed by atoms with Crippen LogP contribution in [0.2, 0.25) is 0 Å². The SMILES string of the molecule is O=C(O)Cc1c2c(c3ccccn13)CCCC2. The van der Waals surface area contributed by atoms with E-state index in [1.54, 1.807) is 0 Å². The van der Waals surface area contributed by atoms with Gasteiger partial charge in [0.25, 0.3) is 0 Å². The Morgan fingerprint density at radius 3 is 2.76 bits per heavy atom. The largest absolute Gasteiger partial charge is 0.481 e. The Labute approximate surface area is 99.7 Å². The first-order valence-corrected chi connectivity index (χ1v) is 6.09. The Kier molecular flexibility index (Phi) is 2.39. The van der Waals surface area contributed by atoms with E-state index in [1.165, 1.54) is 29.5 Å². The molecule has 0 radical (unpaired) electrons. The molecule has 0 unspecified atom stereocenters. The molecule has 88 valence electrons. The molecule has 0 aromatic carbocycles. The van der Waals surface area contributed by atoms with Crippen molar-refractivity contribution in [2.75, 3.05) is 0 Å². The number of carboxylic acids is 1. The van der Waals surface area contributed by atoms with Crippen molar-refractivity contribution in [1.29, 1.82) is 0 Å². The van der Waals surface area contributed by atoms with Gasteiger partial charge >= 0.3 is 5.97 Å². The van der Waals surface area contributed by atoms with Crippen LogP contribution in [0.4, 0.5) is 0 Å². The molecule has 3 rings (SSSR count). The summed E-state index contributed by atoms with van der Waals surface area (Å²) in [7, 11) is 0. The highest BCUT2D eigenvalue weighted by Crippen LogP contribution is 2.30. The molecule has 0 fully saturated rings. The normalized spacial score (nSPS) is 14.8. The fourth-order valence-electron chi connectivity index (χ4n) is 2.91. The number of carboxylic acid groups (broad SMARTS) is 1. The summed E-state index contributed by atoms with van der Waals surface area (Å²) in [5, 5.41) is 9.03. The molecule has 3 heteroatoms. The Morgan fingerprint density at radius 1 is 1.24 bits per heavy atom. The van der Waals surface area contributed by atoms with Crippen LogP contribution in [-0.2, 0) is 24.1 Å². The summed E-state index contributed by atoms with van der Waals surface area (Å²) in [5.74, 6) is -0.748. The quantitative estimate of drug-likeness (QED) is 0.859. The maximum absolute atomic E-state index is 11.0. The lowest BCUT2D eigenvalue weighted by Crippen LogP contribution is -2.07. The predicted molar refractivity (Wildman–Crippen MR) is 65.4 cm³/mol. The van der Waals surface area contributed by atoms with E-state index in [1.807, 2.05) is 18.3 Å². The predicted octanol–water partition coefficient (Wildman–Crippen LogP) is 2.45. The molecule has 2 heterocycles. The van der Waals surface area contributed by atoms with Crippen LogP contribution in [0.15, 0.2) is 24.4 Å². The number of aliphatic carboxylic acids is 1. The number of carbonyl (C=O) groups is 1. The molecule has 0 spiro atoms. The van der Waals surface area contributed by atoms with Crippen LogP contribution < -0.4 is 0 Å². The molecular formula is C14H15NO2. The van der Waals surface area contributed by atoms with Gasteiger partial charge in [0.2, 0.25) is 0 Å². The Bertz CT molecular complexity index is 583. The Balaban J connectivity index is 2.27. The summed E-state index contributed by atoms with van der Waals surface area (Å²) in [4.78, 5) is 11.0. The molecule has 0 saturated heterocycles. The van der Waals surface area contributed by atoms with Crippen molar-refractivity contribution < 1.29 is 9.90 Å². The Morgan fingerprint density at radius 2 is 2.00 bits per heavy atom. The van der Waals surface area contributed by atoms with Crippen molar-refractivity contribution in [3.8, 4) is 0 Å². The monoisotopic (exact) mass is 229 g/mol. The minimum Gasteiger partial charge on any atom is -0.481 e. The third kappa shape index (κ3) is 1.62. The number of aryl methyl sites for hydroxylation is 1. The molecule has 2 aromatic rings. The van der Waals surface area contributed by atoms with Crippen molar-refractivity contribution in [3.63, 3.8) is 0 Å². The van der Waals surface area contributed by atoms with Gasteiger partial charge in [0.1, 0.15) is 0 Å². The molecule has 0 amide bonds. The average molecular weight is 229 g/mol. The highest BCUT2D eigenvalue weighted by atomic mass is 16.4. The fraction of sp³-hybridized carbons (Fsp3) is 0.357. The van der Waals surface area contributed by atoms with Gasteiger partial charge < -0.3 is 9.51 Å². The molecule has 0 saturated carbocycles. The lowest BCUT2D eigenvalue weighted by Gasteiger charge is -2.12. The molecule has 3 nitrogen and oxygen atoms in total. The fourth-order valence-corrected chi connectivity index (χ4v) is 2.91. The van der Waals surface area contributed by atoms with E-state index >= 15 is 0 Å². The number of fused-ring (bicyclic) bond motifs is 3. The zero-order valence-electron chi connectivity index (χ0n) is 9.65. The lowest BCUT2D eigenvalue weighted by molar-refractivity contribution is -0.136. The summed E-state index contributed by atoms with van der Waals surface area (Å²) in [6, 6.07) is 6.08. The number of hydrogen-bond acceptors (Lipinski definition) is 1. The van der Waals surface area contributed by atoms with Crippen LogP contribution in [-0.4, -0.2) is 15.5 Å². The van der Waals surface area contributed by atoms with E-state index < -0.39 is 5.97 Å². The topological polar surface area (TPSA) is 41.7 Å². The van der Waals surface area contributed by atoms with Crippen molar-refractivity contribution in [1.82, 2.24) is 4.40 Å². The van der Waals surface area contributed by atoms with Crippen molar-refractivity contribution >= 4 is 11.5 Å². The standard InChI is InChI=1S/C14H15NO2/c16-14(17)9-13-11-6-2-1-5-10(11)12-7-3-4-8-15(12)13/h3-4,7-8H,1-2,5-6,9H2,(H,16,17). The highest BCUT2D eigenvalue weighted by Gasteiger charge is 2.21. The van der Waals surface area contributed by atoms with Crippen LogP contribution in [0.25, 0.3) is 5.52 Å². The van der Waals surface area contributed by atoms with Crippen molar-refractivity contribution in [2.45, 2.75) is 32.1 Å². The van der Waals surface area contributed by atoms with Gasteiger partial charge in [-0.2, -0.15) is 0 Å². The van der Waals surface area contributed by atoms with E-state index in [9.17, 15) is 4.79 Å². The summed E-state index contributed by atoms with van der Waals surface area (Å²) < 4.78 is 2.06. The van der Waals surface area contributed by atoms with Crippen molar-refractivity contribution in [2.24, 2.45) is 0 Å². The molecule has 1 aliphatic rings. The summed E-state index contributed by atoms with van der Waals surface area (Å²) in [5.41, 5.74) is 4.82. The van der Waals surface area contributed by atoms with Crippen LogP contribution in [0, 0.1) is 0 Å². The van der Waals surface area contributed by atoms with Gasteiger partial charge in [-0.3, -0.25) is 4.79 Å². The molecule has 0 bridgehead atoms. The van der Waals surface area contributed by atoms with Crippen LogP contribution in [0.3, 0.4) is 0 Å². The van der Waals surface area contributed by atoms with E-state index in [-0.39, 0.29) is 6.42 Å². The highest BCUT2D eigenvalue weighted by molar-refractivity contribution is 5.73. The Hall–Kier alpha value is -1.77. The summed E-state index contributed by atoms with van der Waals surface area (Å²) in [6.07, 6.45) is 6.61. The molecule has 1 N–H and O–H groups in total. The van der Waals surface area contributed by atoms with Gasteiger partial charge in [0, 0.05) is 17.4 Å². The zero-order valence-corrected chi connectivity index (χ0v) is 9.65. The third-order valence-corrected chi connectivity index (χ3v) is 3.59. The molecule has 0 atom stereocenters. The van der Waals surface area contributed by atoms with Crippen molar-refractivity contribution in [3.05, 3.63) is 41.2 Å². The first-order chi connectivity index (χ1) is 8.27. The second-order valence-corrected chi connectivity index (χ2v) is 4.64. The zero-order chi connectivity index (χ0) is 11.8. The number of rotatable bonds is 2. The minimum atomic E-state index is -0.748. The van der Waals surface area contributed by atoms with Gasteiger partial charge in [0.05, 0.1) is 6.42 Å². The van der Waals surface area contributed by atoms with Gasteiger partial charge in [0.15, 0.2) is 0 Å². The summed E-state index contributed by atoms with van der Waals surface area (Å²) in [6.45, 7) is 0. The molecule has 0 aliphatic heterocycles.